The number of methoxy groups -OCH3 is 1. The van der Waals surface area contributed by atoms with Crippen LogP contribution in [-0.4, -0.2) is 49.8 Å². The first-order valence-electron chi connectivity index (χ1n) is 6.66. The second-order valence-electron chi connectivity index (χ2n) is 5.07. The molecule has 12 heteroatoms. The summed E-state index contributed by atoms with van der Waals surface area (Å²) in [6.45, 7) is 2.00. The first-order valence-corrected chi connectivity index (χ1v) is 8.10. The van der Waals surface area contributed by atoms with Crippen molar-refractivity contribution in [2.75, 3.05) is 13.7 Å². The summed E-state index contributed by atoms with van der Waals surface area (Å²) < 4.78 is 89.9. The van der Waals surface area contributed by atoms with Gasteiger partial charge in [-0.25, -0.2) is 0 Å². The normalized spacial score (nSPS) is 15.5. The van der Waals surface area contributed by atoms with Gasteiger partial charge < -0.3 is 9.47 Å². The SMILES string of the molecule is COC(=O)C(C)C(C)C(=O)OCCCC(F)(F)C(F)(F)S(=O)(=O)O. The maximum Gasteiger partial charge on any atom is 0.431 e. The van der Waals surface area contributed by atoms with E-state index in [1.807, 2.05) is 0 Å². The van der Waals surface area contributed by atoms with Gasteiger partial charge in [0.2, 0.25) is 0 Å². The van der Waals surface area contributed by atoms with Gasteiger partial charge in [-0.3, -0.25) is 14.1 Å². The molecule has 0 aromatic carbocycles. The van der Waals surface area contributed by atoms with Gasteiger partial charge in [0.25, 0.3) is 0 Å². The van der Waals surface area contributed by atoms with Crippen molar-refractivity contribution in [1.82, 2.24) is 0 Å². The molecule has 142 valence electrons. The van der Waals surface area contributed by atoms with Crippen LogP contribution in [0, 0.1) is 11.8 Å². The number of carbonyl (C=O) groups is 2. The Morgan fingerprint density at radius 3 is 1.96 bits per heavy atom. The predicted molar refractivity (Wildman–Crippen MR) is 72.0 cm³/mol. The summed E-state index contributed by atoms with van der Waals surface area (Å²) in [6, 6.07) is 0. The number of alkyl halides is 4. The molecule has 0 bridgehead atoms. The molecule has 0 saturated heterocycles. The summed E-state index contributed by atoms with van der Waals surface area (Å²) in [5.74, 6) is -8.50. The average molecular weight is 382 g/mol. The smallest absolute Gasteiger partial charge is 0.431 e. The molecule has 0 heterocycles. The van der Waals surface area contributed by atoms with E-state index in [4.69, 9.17) is 4.55 Å². The van der Waals surface area contributed by atoms with Crippen molar-refractivity contribution in [3.63, 3.8) is 0 Å². The zero-order valence-electron chi connectivity index (χ0n) is 13.1. The van der Waals surface area contributed by atoms with Crippen molar-refractivity contribution in [2.24, 2.45) is 11.8 Å². The number of carbonyl (C=O) groups excluding carboxylic acids is 2. The van der Waals surface area contributed by atoms with Crippen molar-refractivity contribution in [3.05, 3.63) is 0 Å². The third-order valence-electron chi connectivity index (χ3n) is 3.32. The fourth-order valence-electron chi connectivity index (χ4n) is 1.53. The second-order valence-corrected chi connectivity index (χ2v) is 6.53. The second kappa shape index (κ2) is 8.10. The lowest BCUT2D eigenvalue weighted by molar-refractivity contribution is -0.169. The zero-order chi connectivity index (χ0) is 19.3. The lowest BCUT2D eigenvalue weighted by atomic mass is 9.96. The van der Waals surface area contributed by atoms with Crippen LogP contribution in [0.4, 0.5) is 17.6 Å². The molecule has 0 rings (SSSR count). The number of ether oxygens (including phenoxy) is 2. The molecule has 1 N–H and O–H groups in total. The molecule has 0 spiro atoms. The molecular formula is C12H18F4O7S. The molecule has 24 heavy (non-hydrogen) atoms. The Labute approximate surface area is 136 Å². The van der Waals surface area contributed by atoms with Crippen molar-refractivity contribution in [1.29, 1.82) is 0 Å². The van der Waals surface area contributed by atoms with E-state index in [1.165, 1.54) is 13.8 Å². The summed E-state index contributed by atoms with van der Waals surface area (Å²) in [5.41, 5.74) is 0. The highest BCUT2D eigenvalue weighted by Crippen LogP contribution is 2.41. The van der Waals surface area contributed by atoms with Crippen LogP contribution in [0.3, 0.4) is 0 Å². The Morgan fingerprint density at radius 2 is 1.54 bits per heavy atom. The molecule has 7 nitrogen and oxygen atoms in total. The fourth-order valence-corrected chi connectivity index (χ4v) is 2.01. The van der Waals surface area contributed by atoms with E-state index in [0.717, 1.165) is 7.11 Å². The van der Waals surface area contributed by atoms with Gasteiger partial charge in [0.15, 0.2) is 0 Å². The van der Waals surface area contributed by atoms with Gasteiger partial charge in [-0.05, 0) is 6.42 Å². The molecular weight excluding hydrogens is 364 g/mol. The van der Waals surface area contributed by atoms with E-state index in [-0.39, 0.29) is 0 Å². The van der Waals surface area contributed by atoms with E-state index in [0.29, 0.717) is 0 Å². The number of rotatable bonds is 9. The van der Waals surface area contributed by atoms with E-state index in [1.54, 1.807) is 0 Å². The van der Waals surface area contributed by atoms with Crippen molar-refractivity contribution >= 4 is 22.1 Å². The zero-order valence-corrected chi connectivity index (χ0v) is 13.9. The summed E-state index contributed by atoms with van der Waals surface area (Å²) in [4.78, 5) is 22.8. The summed E-state index contributed by atoms with van der Waals surface area (Å²) in [5, 5.41) is -5.66. The fraction of sp³-hybridized carbons (Fsp3) is 0.833. The molecule has 0 aromatic heterocycles. The third-order valence-corrected chi connectivity index (χ3v) is 4.27. The summed E-state index contributed by atoms with van der Waals surface area (Å²) >= 11 is 0. The van der Waals surface area contributed by atoms with Gasteiger partial charge in [-0.2, -0.15) is 26.0 Å². The lowest BCUT2D eigenvalue weighted by Gasteiger charge is -2.23. The van der Waals surface area contributed by atoms with Crippen LogP contribution in [0.5, 0.6) is 0 Å². The number of hydrogen-bond donors (Lipinski definition) is 1. The molecule has 0 radical (unpaired) electrons. The summed E-state index contributed by atoms with van der Waals surface area (Å²) in [7, 11) is -5.19. The third kappa shape index (κ3) is 5.30. The monoisotopic (exact) mass is 382 g/mol. The number of hydrogen-bond acceptors (Lipinski definition) is 6. The minimum absolute atomic E-state index is 0.696. The Bertz CT molecular complexity index is 562. The Balaban J connectivity index is 4.54. The van der Waals surface area contributed by atoms with Crippen molar-refractivity contribution in [3.8, 4) is 0 Å². The molecule has 2 unspecified atom stereocenters. The minimum Gasteiger partial charge on any atom is -0.469 e. The van der Waals surface area contributed by atoms with Crippen LogP contribution in [0.2, 0.25) is 0 Å². The van der Waals surface area contributed by atoms with Gasteiger partial charge in [0.05, 0.1) is 25.6 Å². The van der Waals surface area contributed by atoms with Crippen LogP contribution < -0.4 is 0 Å². The molecule has 0 aliphatic heterocycles. The first-order chi connectivity index (χ1) is 10.7. The van der Waals surface area contributed by atoms with Crippen LogP contribution >= 0.6 is 0 Å². The molecule has 0 aliphatic rings. The van der Waals surface area contributed by atoms with Gasteiger partial charge in [-0.15, -0.1) is 0 Å². The predicted octanol–water partition coefficient (Wildman–Crippen LogP) is 1.87. The summed E-state index contributed by atoms with van der Waals surface area (Å²) in [6.07, 6.45) is -2.43. The Morgan fingerprint density at radius 1 is 1.08 bits per heavy atom. The average Bonchev–Trinajstić information content (AvgIpc) is 2.47. The largest absolute Gasteiger partial charge is 0.469 e. The Hall–Kier alpha value is -1.43. The van der Waals surface area contributed by atoms with E-state index in [9.17, 15) is 35.6 Å². The van der Waals surface area contributed by atoms with Crippen LogP contribution in [0.25, 0.3) is 0 Å². The van der Waals surface area contributed by atoms with Crippen molar-refractivity contribution < 1.29 is 49.6 Å². The van der Waals surface area contributed by atoms with Crippen LogP contribution in [-0.2, 0) is 29.2 Å². The standard InChI is InChI=1S/C12H18F4O7S/c1-7(9(17)22-3)8(2)10(18)23-6-4-5-11(13,14)12(15,16)24(19,20)21/h7-8H,4-6H2,1-3H3,(H,19,20,21). The topological polar surface area (TPSA) is 107 Å². The van der Waals surface area contributed by atoms with Gasteiger partial charge in [-0.1, -0.05) is 13.8 Å². The van der Waals surface area contributed by atoms with Crippen LogP contribution in [0.15, 0.2) is 0 Å². The molecule has 2 atom stereocenters. The first kappa shape index (κ1) is 22.6. The highest BCUT2D eigenvalue weighted by atomic mass is 32.2. The van der Waals surface area contributed by atoms with Gasteiger partial charge >= 0.3 is 33.2 Å². The van der Waals surface area contributed by atoms with E-state index in [2.05, 4.69) is 9.47 Å². The maximum absolute atomic E-state index is 13.2. The molecule has 0 aromatic rings. The lowest BCUT2D eigenvalue weighted by Crippen LogP contribution is -2.46. The maximum atomic E-state index is 13.2. The van der Waals surface area contributed by atoms with Gasteiger partial charge in [0.1, 0.15) is 0 Å². The van der Waals surface area contributed by atoms with Crippen LogP contribution in [0.1, 0.15) is 26.7 Å². The number of esters is 2. The highest BCUT2D eigenvalue weighted by molar-refractivity contribution is 7.87. The quantitative estimate of drug-likeness (QED) is 0.281. The molecule has 0 aliphatic carbocycles. The highest BCUT2D eigenvalue weighted by Gasteiger charge is 2.64. The van der Waals surface area contributed by atoms with Gasteiger partial charge in [0, 0.05) is 6.42 Å². The molecule has 0 amide bonds. The molecule has 0 saturated carbocycles. The Kier molecular flexibility index (Phi) is 7.62. The molecule has 0 fully saturated rings. The van der Waals surface area contributed by atoms with Crippen molar-refractivity contribution in [2.45, 2.75) is 37.9 Å². The number of halogens is 4. The van der Waals surface area contributed by atoms with E-state index < -0.39 is 64.5 Å². The van der Waals surface area contributed by atoms with E-state index >= 15 is 0 Å². The minimum atomic E-state index is -6.29.